The van der Waals surface area contributed by atoms with Gasteiger partial charge in [-0.15, -0.1) is 23.5 Å². The number of hydrogen-bond donors (Lipinski definition) is 1. The van der Waals surface area contributed by atoms with Crippen molar-refractivity contribution in [1.82, 2.24) is 5.32 Å². The van der Waals surface area contributed by atoms with E-state index in [1.807, 2.05) is 42.6 Å². The van der Waals surface area contributed by atoms with Crippen molar-refractivity contribution in [2.45, 2.75) is 17.5 Å². The van der Waals surface area contributed by atoms with Crippen molar-refractivity contribution < 1.29 is 13.9 Å². The fourth-order valence-corrected chi connectivity index (χ4v) is 5.40. The molecule has 1 heterocycles. The number of amides is 1. The molecule has 1 saturated heterocycles. The summed E-state index contributed by atoms with van der Waals surface area (Å²) >= 11 is 3.92. The zero-order chi connectivity index (χ0) is 17.6. The van der Waals surface area contributed by atoms with Crippen LogP contribution >= 0.6 is 23.5 Å². The van der Waals surface area contributed by atoms with Crippen molar-refractivity contribution in [2.75, 3.05) is 18.1 Å². The molecule has 0 bridgehead atoms. The van der Waals surface area contributed by atoms with Crippen LogP contribution in [-0.4, -0.2) is 24.0 Å². The molecular weight excluding hydrogens is 357 g/mol. The van der Waals surface area contributed by atoms with Crippen molar-refractivity contribution in [3.05, 3.63) is 65.5 Å². The first-order valence-electron chi connectivity index (χ1n) is 8.12. The van der Waals surface area contributed by atoms with Crippen LogP contribution in [0.1, 0.15) is 28.7 Å². The molecule has 1 amide bonds. The maximum atomic E-state index is 12.9. The summed E-state index contributed by atoms with van der Waals surface area (Å²) in [6.45, 7) is 1.81. The Labute approximate surface area is 155 Å². The molecule has 1 aliphatic heterocycles. The van der Waals surface area contributed by atoms with E-state index < -0.39 is 0 Å². The zero-order valence-electron chi connectivity index (χ0n) is 13.9. The Morgan fingerprint density at radius 3 is 2.44 bits per heavy atom. The number of carbonyl (C=O) groups excluding carboxylic acids is 1. The molecule has 1 aliphatic rings. The summed E-state index contributed by atoms with van der Waals surface area (Å²) in [5, 5.41) is 2.85. The van der Waals surface area contributed by atoms with E-state index in [0.717, 1.165) is 5.56 Å². The van der Waals surface area contributed by atoms with Crippen molar-refractivity contribution in [2.24, 2.45) is 0 Å². The van der Waals surface area contributed by atoms with Crippen LogP contribution in [0.4, 0.5) is 4.39 Å². The first kappa shape index (κ1) is 18.1. The van der Waals surface area contributed by atoms with Crippen LogP contribution in [0, 0.1) is 5.82 Å². The summed E-state index contributed by atoms with van der Waals surface area (Å²) in [4.78, 5) is 12.0. The Hall–Kier alpha value is -1.66. The Bertz CT molecular complexity index is 700. The van der Waals surface area contributed by atoms with Gasteiger partial charge in [-0.3, -0.25) is 4.79 Å². The van der Waals surface area contributed by atoms with E-state index in [2.05, 4.69) is 17.4 Å². The maximum absolute atomic E-state index is 12.9. The third-order valence-corrected chi connectivity index (χ3v) is 7.00. The molecule has 0 unspecified atom stereocenters. The highest BCUT2D eigenvalue weighted by atomic mass is 32.2. The second-order valence-corrected chi connectivity index (χ2v) is 8.50. The van der Waals surface area contributed by atoms with Gasteiger partial charge in [-0.25, -0.2) is 4.39 Å². The number of halogens is 1. The number of thioether (sulfide) groups is 2. The normalized spacial score (nSPS) is 15.8. The standard InChI is InChI=1S/C19H20FNO2S2/c1-13(14-2-6-16(20)7-3-14)21-18(22)12-23-17-8-4-15(5-9-17)19-24-10-11-25-19/h2-9,13,19H,10-12H2,1H3,(H,21,22)/t13-/m1/s1. The molecule has 1 fully saturated rings. The second-order valence-electron chi connectivity index (χ2n) is 5.77. The summed E-state index contributed by atoms with van der Waals surface area (Å²) in [5.74, 6) is 2.58. The predicted octanol–water partition coefficient (Wildman–Crippen LogP) is 4.56. The minimum Gasteiger partial charge on any atom is -0.484 e. The van der Waals surface area contributed by atoms with Crippen molar-refractivity contribution in [3.63, 3.8) is 0 Å². The number of hydrogen-bond acceptors (Lipinski definition) is 4. The molecule has 132 valence electrons. The quantitative estimate of drug-likeness (QED) is 0.801. The molecule has 25 heavy (non-hydrogen) atoms. The van der Waals surface area contributed by atoms with Crippen LogP contribution in [-0.2, 0) is 4.79 Å². The highest BCUT2D eigenvalue weighted by Gasteiger charge is 2.18. The lowest BCUT2D eigenvalue weighted by molar-refractivity contribution is -0.123. The van der Waals surface area contributed by atoms with Gasteiger partial charge < -0.3 is 10.1 Å². The van der Waals surface area contributed by atoms with Crippen molar-refractivity contribution in [3.8, 4) is 5.75 Å². The van der Waals surface area contributed by atoms with E-state index in [4.69, 9.17) is 4.74 Å². The van der Waals surface area contributed by atoms with Gasteiger partial charge in [-0.2, -0.15) is 0 Å². The fourth-order valence-electron chi connectivity index (χ4n) is 2.54. The fraction of sp³-hybridized carbons (Fsp3) is 0.316. The Morgan fingerprint density at radius 1 is 1.16 bits per heavy atom. The molecule has 1 atom stereocenters. The molecule has 6 heteroatoms. The van der Waals surface area contributed by atoms with Gasteiger partial charge in [0.25, 0.3) is 5.91 Å². The molecule has 0 saturated carbocycles. The molecule has 0 spiro atoms. The van der Waals surface area contributed by atoms with Gasteiger partial charge in [0.15, 0.2) is 6.61 Å². The van der Waals surface area contributed by atoms with Gasteiger partial charge in [-0.05, 0) is 42.3 Å². The average Bonchev–Trinajstić information content (AvgIpc) is 3.15. The lowest BCUT2D eigenvalue weighted by atomic mass is 10.1. The largest absolute Gasteiger partial charge is 0.484 e. The molecule has 0 radical (unpaired) electrons. The van der Waals surface area contributed by atoms with Crippen LogP contribution in [0.3, 0.4) is 0 Å². The van der Waals surface area contributed by atoms with E-state index in [0.29, 0.717) is 10.3 Å². The number of ether oxygens (including phenoxy) is 1. The summed E-state index contributed by atoms with van der Waals surface area (Å²) in [6.07, 6.45) is 0. The molecule has 2 aromatic carbocycles. The Kier molecular flexibility index (Phi) is 6.26. The number of nitrogens with one attached hydrogen (secondary N) is 1. The van der Waals surface area contributed by atoms with Gasteiger partial charge >= 0.3 is 0 Å². The van der Waals surface area contributed by atoms with Gasteiger partial charge in [0.1, 0.15) is 11.6 Å². The molecular formula is C19H20FNO2S2. The lowest BCUT2D eigenvalue weighted by Gasteiger charge is -2.15. The zero-order valence-corrected chi connectivity index (χ0v) is 15.5. The molecule has 3 nitrogen and oxygen atoms in total. The number of benzene rings is 2. The number of carbonyl (C=O) groups is 1. The highest BCUT2D eigenvalue weighted by Crippen LogP contribution is 2.45. The average molecular weight is 378 g/mol. The van der Waals surface area contributed by atoms with Gasteiger partial charge in [0.05, 0.1) is 10.6 Å². The Balaban J connectivity index is 1.47. The SMILES string of the molecule is C[C@@H](NC(=O)COc1ccc(C2SCCS2)cc1)c1ccc(F)cc1. The van der Waals surface area contributed by atoms with Crippen molar-refractivity contribution in [1.29, 1.82) is 0 Å². The molecule has 0 aromatic heterocycles. The first-order chi connectivity index (χ1) is 12.1. The van der Waals surface area contributed by atoms with Gasteiger partial charge in [0, 0.05) is 11.5 Å². The smallest absolute Gasteiger partial charge is 0.258 e. The Morgan fingerprint density at radius 2 is 1.80 bits per heavy atom. The molecule has 1 N–H and O–H groups in total. The maximum Gasteiger partial charge on any atom is 0.258 e. The van der Waals surface area contributed by atoms with E-state index in [1.54, 1.807) is 12.1 Å². The first-order valence-corrected chi connectivity index (χ1v) is 10.2. The minimum atomic E-state index is -0.288. The second kappa shape index (κ2) is 8.63. The summed E-state index contributed by atoms with van der Waals surface area (Å²) < 4.78 is 19.0. The lowest BCUT2D eigenvalue weighted by Crippen LogP contribution is -2.31. The third-order valence-electron chi connectivity index (χ3n) is 3.89. The van der Waals surface area contributed by atoms with E-state index >= 15 is 0 Å². The van der Waals surface area contributed by atoms with E-state index in [1.165, 1.54) is 29.2 Å². The molecule has 3 rings (SSSR count). The third kappa shape index (κ3) is 5.16. The predicted molar refractivity (Wildman–Crippen MR) is 103 cm³/mol. The van der Waals surface area contributed by atoms with Crippen LogP contribution in [0.2, 0.25) is 0 Å². The van der Waals surface area contributed by atoms with Crippen LogP contribution in [0.15, 0.2) is 48.5 Å². The topological polar surface area (TPSA) is 38.3 Å². The highest BCUT2D eigenvalue weighted by molar-refractivity contribution is 8.19. The van der Waals surface area contributed by atoms with E-state index in [-0.39, 0.29) is 24.4 Å². The van der Waals surface area contributed by atoms with E-state index in [9.17, 15) is 9.18 Å². The minimum absolute atomic E-state index is 0.0438. The number of rotatable bonds is 6. The summed E-state index contributed by atoms with van der Waals surface area (Å²) in [7, 11) is 0. The molecule has 2 aromatic rings. The van der Waals surface area contributed by atoms with Crippen LogP contribution < -0.4 is 10.1 Å². The summed E-state index contributed by atoms with van der Waals surface area (Å²) in [5.41, 5.74) is 2.14. The van der Waals surface area contributed by atoms with Crippen molar-refractivity contribution >= 4 is 29.4 Å². The monoisotopic (exact) mass is 377 g/mol. The van der Waals surface area contributed by atoms with Crippen LogP contribution in [0.25, 0.3) is 0 Å². The molecule has 0 aliphatic carbocycles. The van der Waals surface area contributed by atoms with Crippen LogP contribution in [0.5, 0.6) is 5.75 Å². The van der Waals surface area contributed by atoms with Gasteiger partial charge in [0.2, 0.25) is 0 Å². The summed E-state index contributed by atoms with van der Waals surface area (Å²) in [6, 6.07) is 13.8. The van der Waals surface area contributed by atoms with Gasteiger partial charge in [-0.1, -0.05) is 24.3 Å².